The van der Waals surface area contributed by atoms with Crippen molar-refractivity contribution >= 4 is 16.8 Å². The molecule has 0 saturated carbocycles. The number of hydrogen-bond acceptors (Lipinski definition) is 3. The number of fused-ring (bicyclic) bond motifs is 1. The Kier molecular flexibility index (Phi) is 6.22. The van der Waals surface area contributed by atoms with Gasteiger partial charge in [-0.1, -0.05) is 44.4 Å². The summed E-state index contributed by atoms with van der Waals surface area (Å²) in [6.07, 6.45) is 6.39. The van der Waals surface area contributed by atoms with Crippen LogP contribution >= 0.6 is 0 Å². The van der Waals surface area contributed by atoms with E-state index >= 15 is 0 Å². The molecule has 142 valence electrons. The molecule has 0 saturated heterocycles. The van der Waals surface area contributed by atoms with E-state index in [9.17, 15) is 4.79 Å². The Morgan fingerprint density at radius 3 is 2.70 bits per heavy atom. The quantitative estimate of drug-likeness (QED) is 0.588. The zero-order valence-corrected chi connectivity index (χ0v) is 16.5. The molecular formula is C22H28N4O. The number of pyridine rings is 1. The minimum absolute atomic E-state index is 0.0353. The highest BCUT2D eigenvalue weighted by atomic mass is 16.1. The van der Waals surface area contributed by atoms with Crippen molar-refractivity contribution in [1.29, 1.82) is 0 Å². The van der Waals surface area contributed by atoms with Crippen molar-refractivity contribution < 1.29 is 4.79 Å². The van der Waals surface area contributed by atoms with Gasteiger partial charge in [0, 0.05) is 29.7 Å². The second-order valence-corrected chi connectivity index (χ2v) is 6.85. The average Bonchev–Trinajstić information content (AvgIpc) is 3.07. The molecule has 0 aliphatic carbocycles. The fraction of sp³-hybridized carbons (Fsp3) is 0.409. The third-order valence-electron chi connectivity index (χ3n) is 4.96. The predicted octanol–water partition coefficient (Wildman–Crippen LogP) is 4.74. The zero-order valence-electron chi connectivity index (χ0n) is 16.5. The van der Waals surface area contributed by atoms with Gasteiger partial charge in [-0.3, -0.25) is 9.48 Å². The lowest BCUT2D eigenvalue weighted by atomic mass is 10.0. The number of aryl methyl sites for hydroxylation is 1. The number of carbonyl (C=O) groups is 1. The smallest absolute Gasteiger partial charge is 0.252 e. The molecule has 0 aliphatic heterocycles. The van der Waals surface area contributed by atoms with Crippen molar-refractivity contribution in [3.63, 3.8) is 0 Å². The van der Waals surface area contributed by atoms with E-state index in [0.717, 1.165) is 47.2 Å². The second kappa shape index (κ2) is 8.80. The van der Waals surface area contributed by atoms with Crippen LogP contribution < -0.4 is 5.32 Å². The van der Waals surface area contributed by atoms with Crippen LogP contribution in [-0.4, -0.2) is 27.2 Å². The molecule has 0 radical (unpaired) electrons. The standard InChI is InChI=1S/C22H28N4O/c1-4-6-7-10-13-23-22(27)18-14-21(19-15-24-26(5-2)16(19)3)25-20-12-9-8-11-17(18)20/h8-9,11-12,14-15H,4-7,10,13H2,1-3H3,(H,23,27). The summed E-state index contributed by atoms with van der Waals surface area (Å²) >= 11 is 0. The molecule has 0 unspecified atom stereocenters. The normalized spacial score (nSPS) is 11.1. The van der Waals surface area contributed by atoms with Crippen LogP contribution in [0.15, 0.2) is 36.5 Å². The maximum Gasteiger partial charge on any atom is 0.252 e. The third kappa shape index (κ3) is 4.18. The van der Waals surface area contributed by atoms with Crippen LogP contribution in [0.5, 0.6) is 0 Å². The van der Waals surface area contributed by atoms with Crippen molar-refractivity contribution in [3.05, 3.63) is 47.8 Å². The number of unbranched alkanes of at least 4 members (excludes halogenated alkanes) is 3. The number of benzene rings is 1. The molecule has 5 nitrogen and oxygen atoms in total. The molecular weight excluding hydrogens is 336 g/mol. The van der Waals surface area contributed by atoms with Crippen LogP contribution in [0, 0.1) is 6.92 Å². The Balaban J connectivity index is 1.93. The van der Waals surface area contributed by atoms with Gasteiger partial charge in [0.25, 0.3) is 5.91 Å². The van der Waals surface area contributed by atoms with Gasteiger partial charge in [-0.05, 0) is 32.4 Å². The first-order chi connectivity index (χ1) is 13.2. The molecule has 3 aromatic rings. The molecule has 1 N–H and O–H groups in total. The summed E-state index contributed by atoms with van der Waals surface area (Å²) < 4.78 is 1.94. The van der Waals surface area contributed by atoms with Crippen molar-refractivity contribution in [3.8, 4) is 11.3 Å². The van der Waals surface area contributed by atoms with E-state index in [1.54, 1.807) is 0 Å². The Labute approximate surface area is 160 Å². The lowest BCUT2D eigenvalue weighted by molar-refractivity contribution is 0.0954. The van der Waals surface area contributed by atoms with E-state index in [0.29, 0.717) is 12.1 Å². The fourth-order valence-electron chi connectivity index (χ4n) is 3.37. The Bertz CT molecular complexity index is 929. The molecule has 3 rings (SSSR count). The molecule has 2 heterocycles. The summed E-state index contributed by atoms with van der Waals surface area (Å²) in [6, 6.07) is 9.71. The highest BCUT2D eigenvalue weighted by Gasteiger charge is 2.16. The summed E-state index contributed by atoms with van der Waals surface area (Å²) in [4.78, 5) is 17.6. The monoisotopic (exact) mass is 364 g/mol. The molecule has 1 amide bonds. The van der Waals surface area contributed by atoms with Gasteiger partial charge in [-0.2, -0.15) is 5.10 Å². The average molecular weight is 364 g/mol. The van der Waals surface area contributed by atoms with Gasteiger partial charge in [-0.15, -0.1) is 0 Å². The van der Waals surface area contributed by atoms with Crippen LogP contribution in [0.25, 0.3) is 22.2 Å². The van der Waals surface area contributed by atoms with E-state index < -0.39 is 0 Å². The molecule has 1 aromatic carbocycles. The van der Waals surface area contributed by atoms with Crippen molar-refractivity contribution in [1.82, 2.24) is 20.1 Å². The highest BCUT2D eigenvalue weighted by Crippen LogP contribution is 2.27. The minimum atomic E-state index is -0.0353. The van der Waals surface area contributed by atoms with Crippen molar-refractivity contribution in [2.75, 3.05) is 6.54 Å². The van der Waals surface area contributed by atoms with Gasteiger partial charge in [0.1, 0.15) is 0 Å². The molecule has 0 aliphatic rings. The van der Waals surface area contributed by atoms with E-state index in [1.807, 2.05) is 48.1 Å². The van der Waals surface area contributed by atoms with E-state index in [-0.39, 0.29) is 5.91 Å². The fourth-order valence-corrected chi connectivity index (χ4v) is 3.37. The SMILES string of the molecule is CCCCCCNC(=O)c1cc(-c2cnn(CC)c2C)nc2ccccc12. The topological polar surface area (TPSA) is 59.8 Å². The molecule has 5 heteroatoms. The summed E-state index contributed by atoms with van der Waals surface area (Å²) in [6.45, 7) is 7.80. The number of nitrogens with zero attached hydrogens (tertiary/aromatic N) is 3. The maximum atomic E-state index is 12.9. The highest BCUT2D eigenvalue weighted by molar-refractivity contribution is 6.07. The van der Waals surface area contributed by atoms with E-state index in [4.69, 9.17) is 4.98 Å². The molecule has 0 fully saturated rings. The van der Waals surface area contributed by atoms with Crippen LogP contribution in [0.1, 0.15) is 55.6 Å². The van der Waals surface area contributed by atoms with Gasteiger partial charge in [0.15, 0.2) is 0 Å². The number of carbonyl (C=O) groups excluding carboxylic acids is 1. The number of aromatic nitrogens is 3. The van der Waals surface area contributed by atoms with Crippen LogP contribution in [0.3, 0.4) is 0 Å². The Hall–Kier alpha value is -2.69. The number of para-hydroxylation sites is 1. The van der Waals surface area contributed by atoms with Crippen molar-refractivity contribution in [2.24, 2.45) is 0 Å². The Morgan fingerprint density at radius 2 is 1.96 bits per heavy atom. The number of hydrogen-bond donors (Lipinski definition) is 1. The van der Waals surface area contributed by atoms with Gasteiger partial charge in [0.05, 0.1) is 23.0 Å². The zero-order chi connectivity index (χ0) is 19.2. The summed E-state index contributed by atoms with van der Waals surface area (Å²) in [5.74, 6) is -0.0353. The Morgan fingerprint density at radius 1 is 1.15 bits per heavy atom. The number of rotatable bonds is 8. The molecule has 2 aromatic heterocycles. The van der Waals surface area contributed by atoms with Crippen LogP contribution in [-0.2, 0) is 6.54 Å². The molecule has 0 atom stereocenters. The summed E-state index contributed by atoms with van der Waals surface area (Å²) in [7, 11) is 0. The van der Waals surface area contributed by atoms with Crippen LogP contribution in [0.2, 0.25) is 0 Å². The minimum Gasteiger partial charge on any atom is -0.352 e. The van der Waals surface area contributed by atoms with E-state index in [1.165, 1.54) is 12.8 Å². The van der Waals surface area contributed by atoms with Crippen molar-refractivity contribution in [2.45, 2.75) is 53.0 Å². The maximum absolute atomic E-state index is 12.9. The molecule has 0 spiro atoms. The second-order valence-electron chi connectivity index (χ2n) is 6.85. The predicted molar refractivity (Wildman–Crippen MR) is 110 cm³/mol. The number of nitrogens with one attached hydrogen (secondary N) is 1. The largest absolute Gasteiger partial charge is 0.352 e. The summed E-state index contributed by atoms with van der Waals surface area (Å²) in [5.41, 5.74) is 4.33. The van der Waals surface area contributed by atoms with Gasteiger partial charge < -0.3 is 5.32 Å². The van der Waals surface area contributed by atoms with Gasteiger partial charge in [0.2, 0.25) is 0 Å². The van der Waals surface area contributed by atoms with Gasteiger partial charge in [-0.25, -0.2) is 4.98 Å². The lowest BCUT2D eigenvalue weighted by Crippen LogP contribution is -2.24. The van der Waals surface area contributed by atoms with E-state index in [2.05, 4.69) is 24.3 Å². The third-order valence-corrected chi connectivity index (χ3v) is 4.96. The first-order valence-electron chi connectivity index (χ1n) is 9.86. The van der Waals surface area contributed by atoms with Crippen LogP contribution in [0.4, 0.5) is 0 Å². The van der Waals surface area contributed by atoms with Gasteiger partial charge >= 0.3 is 0 Å². The molecule has 27 heavy (non-hydrogen) atoms. The lowest BCUT2D eigenvalue weighted by Gasteiger charge is -2.11. The summed E-state index contributed by atoms with van der Waals surface area (Å²) in [5, 5.41) is 8.37. The number of amides is 1. The first kappa shape index (κ1) is 19.1. The molecule has 0 bridgehead atoms. The first-order valence-corrected chi connectivity index (χ1v) is 9.86.